The standard InChI is InChI=1S/C14H28N2O/c1-3-4-14-11-16(12(2)9-15-14)10-13-5-7-17-8-6-13/h12-15H,3-11H2,1-2H3. The fourth-order valence-corrected chi connectivity index (χ4v) is 3.05. The molecule has 0 bridgehead atoms. The van der Waals surface area contributed by atoms with E-state index in [-0.39, 0.29) is 0 Å². The number of ether oxygens (including phenoxy) is 1. The summed E-state index contributed by atoms with van der Waals surface area (Å²) in [5.41, 5.74) is 0. The molecule has 17 heavy (non-hydrogen) atoms. The number of hydrogen-bond acceptors (Lipinski definition) is 3. The maximum Gasteiger partial charge on any atom is 0.0469 e. The zero-order valence-electron chi connectivity index (χ0n) is 11.5. The Morgan fingerprint density at radius 1 is 1.29 bits per heavy atom. The van der Waals surface area contributed by atoms with E-state index in [4.69, 9.17) is 4.74 Å². The molecule has 2 aliphatic rings. The normalized spacial score (nSPS) is 32.8. The Balaban J connectivity index is 1.80. The van der Waals surface area contributed by atoms with Gasteiger partial charge < -0.3 is 10.1 Å². The monoisotopic (exact) mass is 240 g/mol. The van der Waals surface area contributed by atoms with Crippen molar-refractivity contribution in [1.82, 2.24) is 10.2 Å². The van der Waals surface area contributed by atoms with E-state index in [0.29, 0.717) is 6.04 Å². The van der Waals surface area contributed by atoms with Crippen LogP contribution in [0.15, 0.2) is 0 Å². The molecule has 0 spiro atoms. The minimum atomic E-state index is 0.700. The molecule has 0 saturated carbocycles. The predicted molar refractivity (Wildman–Crippen MR) is 71.3 cm³/mol. The molecule has 2 heterocycles. The summed E-state index contributed by atoms with van der Waals surface area (Å²) in [5.74, 6) is 0.867. The summed E-state index contributed by atoms with van der Waals surface area (Å²) >= 11 is 0. The first-order valence-corrected chi connectivity index (χ1v) is 7.34. The Bertz CT molecular complexity index is 216. The molecule has 2 saturated heterocycles. The van der Waals surface area contributed by atoms with Crippen molar-refractivity contribution in [1.29, 1.82) is 0 Å². The quantitative estimate of drug-likeness (QED) is 0.812. The first-order valence-electron chi connectivity index (χ1n) is 7.34. The molecule has 2 fully saturated rings. The highest BCUT2D eigenvalue weighted by atomic mass is 16.5. The maximum atomic E-state index is 5.44. The van der Waals surface area contributed by atoms with Crippen molar-refractivity contribution in [3.63, 3.8) is 0 Å². The molecule has 2 unspecified atom stereocenters. The lowest BCUT2D eigenvalue weighted by Crippen LogP contribution is -2.56. The Labute approximate surface area is 106 Å². The summed E-state index contributed by atoms with van der Waals surface area (Å²) in [4.78, 5) is 2.70. The van der Waals surface area contributed by atoms with Crippen LogP contribution in [0.5, 0.6) is 0 Å². The highest BCUT2D eigenvalue weighted by molar-refractivity contribution is 4.85. The van der Waals surface area contributed by atoms with E-state index in [1.54, 1.807) is 0 Å². The zero-order valence-corrected chi connectivity index (χ0v) is 11.5. The van der Waals surface area contributed by atoms with Crippen molar-refractivity contribution in [2.24, 2.45) is 5.92 Å². The van der Waals surface area contributed by atoms with Gasteiger partial charge in [-0.15, -0.1) is 0 Å². The second kappa shape index (κ2) is 6.72. The summed E-state index contributed by atoms with van der Waals surface area (Å²) in [6.07, 6.45) is 5.12. The van der Waals surface area contributed by atoms with Crippen LogP contribution in [0.4, 0.5) is 0 Å². The van der Waals surface area contributed by atoms with Crippen molar-refractivity contribution in [3.05, 3.63) is 0 Å². The van der Waals surface area contributed by atoms with Crippen molar-refractivity contribution in [2.45, 2.75) is 51.6 Å². The SMILES string of the molecule is CCCC1CN(CC2CCOCC2)C(C)CN1. The first kappa shape index (κ1) is 13.3. The van der Waals surface area contributed by atoms with Crippen LogP contribution in [0, 0.1) is 5.92 Å². The fraction of sp³-hybridized carbons (Fsp3) is 1.00. The molecule has 100 valence electrons. The van der Waals surface area contributed by atoms with Crippen LogP contribution in [-0.4, -0.2) is 49.8 Å². The molecular formula is C14H28N2O. The van der Waals surface area contributed by atoms with Crippen LogP contribution in [-0.2, 0) is 4.74 Å². The summed E-state index contributed by atoms with van der Waals surface area (Å²) < 4.78 is 5.44. The Kier molecular flexibility index (Phi) is 5.26. The lowest BCUT2D eigenvalue weighted by Gasteiger charge is -2.41. The number of nitrogens with zero attached hydrogens (tertiary/aromatic N) is 1. The topological polar surface area (TPSA) is 24.5 Å². The van der Waals surface area contributed by atoms with E-state index in [0.717, 1.165) is 31.7 Å². The third-order valence-corrected chi connectivity index (χ3v) is 4.25. The van der Waals surface area contributed by atoms with Crippen LogP contribution < -0.4 is 5.32 Å². The second-order valence-corrected chi connectivity index (χ2v) is 5.75. The predicted octanol–water partition coefficient (Wildman–Crippen LogP) is 1.88. The lowest BCUT2D eigenvalue weighted by atomic mass is 9.97. The van der Waals surface area contributed by atoms with E-state index in [2.05, 4.69) is 24.1 Å². The van der Waals surface area contributed by atoms with Crippen LogP contribution in [0.2, 0.25) is 0 Å². The Hall–Kier alpha value is -0.120. The number of hydrogen-bond donors (Lipinski definition) is 1. The van der Waals surface area contributed by atoms with Gasteiger partial charge in [-0.25, -0.2) is 0 Å². The third kappa shape index (κ3) is 3.94. The van der Waals surface area contributed by atoms with Gasteiger partial charge in [-0.1, -0.05) is 13.3 Å². The highest BCUT2D eigenvalue weighted by Gasteiger charge is 2.27. The van der Waals surface area contributed by atoms with E-state index in [1.807, 2.05) is 0 Å². The van der Waals surface area contributed by atoms with Gasteiger partial charge in [-0.05, 0) is 32.1 Å². The number of piperazine rings is 1. The highest BCUT2D eigenvalue weighted by Crippen LogP contribution is 2.19. The van der Waals surface area contributed by atoms with Crippen LogP contribution in [0.1, 0.15) is 39.5 Å². The van der Waals surface area contributed by atoms with Gasteiger partial charge in [-0.2, -0.15) is 0 Å². The maximum absolute atomic E-state index is 5.44. The average Bonchev–Trinajstić information content (AvgIpc) is 2.35. The smallest absolute Gasteiger partial charge is 0.0469 e. The van der Waals surface area contributed by atoms with Gasteiger partial charge in [0.15, 0.2) is 0 Å². The van der Waals surface area contributed by atoms with Crippen molar-refractivity contribution < 1.29 is 4.74 Å². The second-order valence-electron chi connectivity index (χ2n) is 5.75. The van der Waals surface area contributed by atoms with Gasteiger partial charge in [-0.3, -0.25) is 4.90 Å². The van der Waals surface area contributed by atoms with E-state index in [1.165, 1.54) is 38.8 Å². The molecule has 1 N–H and O–H groups in total. The van der Waals surface area contributed by atoms with E-state index >= 15 is 0 Å². The third-order valence-electron chi connectivity index (χ3n) is 4.25. The van der Waals surface area contributed by atoms with Crippen LogP contribution >= 0.6 is 0 Å². The summed E-state index contributed by atoms with van der Waals surface area (Å²) in [7, 11) is 0. The molecule has 2 rings (SSSR count). The molecular weight excluding hydrogens is 212 g/mol. The number of nitrogens with one attached hydrogen (secondary N) is 1. The van der Waals surface area contributed by atoms with Gasteiger partial charge in [0, 0.05) is 44.9 Å². The molecule has 0 aliphatic carbocycles. The molecule has 0 aromatic rings. The Morgan fingerprint density at radius 2 is 2.06 bits per heavy atom. The lowest BCUT2D eigenvalue weighted by molar-refractivity contribution is 0.0376. The number of rotatable bonds is 4. The molecule has 0 amide bonds. The largest absolute Gasteiger partial charge is 0.381 e. The minimum Gasteiger partial charge on any atom is -0.381 e. The molecule has 0 aromatic heterocycles. The summed E-state index contributed by atoms with van der Waals surface area (Å²) in [6, 6.07) is 1.42. The molecule has 2 aliphatic heterocycles. The zero-order chi connectivity index (χ0) is 12.1. The van der Waals surface area contributed by atoms with Gasteiger partial charge in [0.05, 0.1) is 0 Å². The van der Waals surface area contributed by atoms with Crippen molar-refractivity contribution >= 4 is 0 Å². The molecule has 0 aromatic carbocycles. The molecule has 2 atom stereocenters. The van der Waals surface area contributed by atoms with Gasteiger partial charge >= 0.3 is 0 Å². The van der Waals surface area contributed by atoms with Crippen LogP contribution in [0.3, 0.4) is 0 Å². The Morgan fingerprint density at radius 3 is 2.76 bits per heavy atom. The van der Waals surface area contributed by atoms with Crippen LogP contribution in [0.25, 0.3) is 0 Å². The van der Waals surface area contributed by atoms with Gasteiger partial charge in [0.25, 0.3) is 0 Å². The fourth-order valence-electron chi connectivity index (χ4n) is 3.05. The van der Waals surface area contributed by atoms with Gasteiger partial charge in [0.1, 0.15) is 0 Å². The van der Waals surface area contributed by atoms with Crippen molar-refractivity contribution in [2.75, 3.05) is 32.8 Å². The van der Waals surface area contributed by atoms with E-state index < -0.39 is 0 Å². The summed E-state index contributed by atoms with van der Waals surface area (Å²) in [5, 5.41) is 3.67. The van der Waals surface area contributed by atoms with E-state index in [9.17, 15) is 0 Å². The minimum absolute atomic E-state index is 0.700. The molecule has 3 nitrogen and oxygen atoms in total. The van der Waals surface area contributed by atoms with Crippen molar-refractivity contribution in [3.8, 4) is 0 Å². The summed E-state index contributed by atoms with van der Waals surface area (Å²) in [6.45, 7) is 10.3. The first-order chi connectivity index (χ1) is 8.29. The molecule has 3 heteroatoms. The average molecular weight is 240 g/mol. The molecule has 0 radical (unpaired) electrons. The van der Waals surface area contributed by atoms with Gasteiger partial charge in [0.2, 0.25) is 0 Å².